The van der Waals surface area contributed by atoms with Crippen LogP contribution in [0.4, 0.5) is 11.4 Å². The van der Waals surface area contributed by atoms with Crippen molar-refractivity contribution in [1.29, 1.82) is 0 Å². The lowest BCUT2D eigenvalue weighted by Gasteiger charge is -2.31. The van der Waals surface area contributed by atoms with Crippen molar-refractivity contribution < 1.29 is 14.6 Å². The van der Waals surface area contributed by atoms with Crippen molar-refractivity contribution in [1.82, 2.24) is 5.32 Å². The van der Waals surface area contributed by atoms with Crippen LogP contribution in [0.2, 0.25) is 0 Å². The molecule has 1 aliphatic rings. The first kappa shape index (κ1) is 15.2. The summed E-state index contributed by atoms with van der Waals surface area (Å²) in [6.07, 6.45) is 3.68. The monoisotopic (exact) mass is 295 g/mol. The highest BCUT2D eigenvalue weighted by Gasteiger charge is 2.29. The molecule has 0 heterocycles. The molecule has 1 fully saturated rings. The summed E-state index contributed by atoms with van der Waals surface area (Å²) < 4.78 is 5.76. The molecule has 2 unspecified atom stereocenters. The molecule has 1 aromatic carbocycles. The topological polar surface area (TPSA) is 108 Å². The van der Waals surface area contributed by atoms with Gasteiger partial charge < -0.3 is 10.1 Å². The number of nitro benzene ring substituents is 2. The molecule has 2 rings (SSSR count). The van der Waals surface area contributed by atoms with Crippen LogP contribution in [0.5, 0.6) is 5.75 Å². The van der Waals surface area contributed by atoms with Crippen LogP contribution in [-0.4, -0.2) is 29.0 Å². The number of rotatable bonds is 5. The van der Waals surface area contributed by atoms with Gasteiger partial charge in [0.1, 0.15) is 6.10 Å². The van der Waals surface area contributed by atoms with Crippen molar-refractivity contribution >= 4 is 11.4 Å². The van der Waals surface area contributed by atoms with Crippen LogP contribution in [0.3, 0.4) is 0 Å². The molecule has 0 spiro atoms. The van der Waals surface area contributed by atoms with Crippen molar-refractivity contribution in [3.63, 3.8) is 0 Å². The minimum absolute atomic E-state index is 0.0813. The molecule has 0 saturated heterocycles. The third-order valence-electron chi connectivity index (χ3n) is 3.70. The second kappa shape index (κ2) is 6.49. The summed E-state index contributed by atoms with van der Waals surface area (Å²) in [6.45, 7) is 0. The van der Waals surface area contributed by atoms with Crippen LogP contribution in [0, 0.1) is 20.2 Å². The van der Waals surface area contributed by atoms with E-state index < -0.39 is 9.85 Å². The maximum atomic E-state index is 11.1. The highest BCUT2D eigenvalue weighted by molar-refractivity contribution is 5.53. The Morgan fingerprint density at radius 1 is 1.19 bits per heavy atom. The van der Waals surface area contributed by atoms with E-state index in [2.05, 4.69) is 5.32 Å². The fourth-order valence-electron chi connectivity index (χ4n) is 2.59. The van der Waals surface area contributed by atoms with Crippen molar-refractivity contribution in [2.75, 3.05) is 7.05 Å². The van der Waals surface area contributed by atoms with E-state index in [9.17, 15) is 20.2 Å². The van der Waals surface area contributed by atoms with Crippen LogP contribution >= 0.6 is 0 Å². The minimum atomic E-state index is -0.659. The summed E-state index contributed by atoms with van der Waals surface area (Å²) in [6, 6.07) is 3.59. The average Bonchev–Trinajstić information content (AvgIpc) is 2.47. The summed E-state index contributed by atoms with van der Waals surface area (Å²) in [5.74, 6) is 0.0813. The number of likely N-dealkylation sites (N-methyl/N-ethyl adjacent to an activating group) is 1. The van der Waals surface area contributed by atoms with Crippen LogP contribution < -0.4 is 10.1 Å². The first-order valence-electron chi connectivity index (χ1n) is 6.79. The first-order valence-corrected chi connectivity index (χ1v) is 6.79. The summed E-state index contributed by atoms with van der Waals surface area (Å²) in [5.41, 5.74) is -0.688. The number of hydrogen-bond donors (Lipinski definition) is 1. The summed E-state index contributed by atoms with van der Waals surface area (Å²) in [7, 11) is 1.83. The van der Waals surface area contributed by atoms with Crippen molar-refractivity contribution in [3.8, 4) is 5.75 Å². The van der Waals surface area contributed by atoms with Crippen LogP contribution in [-0.2, 0) is 0 Å². The van der Waals surface area contributed by atoms with E-state index in [1.54, 1.807) is 0 Å². The highest BCUT2D eigenvalue weighted by atomic mass is 16.6. The van der Waals surface area contributed by atoms with Crippen molar-refractivity contribution in [2.24, 2.45) is 0 Å². The van der Waals surface area contributed by atoms with Crippen LogP contribution in [0.15, 0.2) is 18.2 Å². The molecule has 8 heteroatoms. The van der Waals surface area contributed by atoms with E-state index in [1.165, 1.54) is 12.1 Å². The second-order valence-electron chi connectivity index (χ2n) is 5.00. The number of nitrogens with one attached hydrogen (secondary N) is 1. The summed E-state index contributed by atoms with van der Waals surface area (Å²) in [5, 5.41) is 24.9. The lowest BCUT2D eigenvalue weighted by molar-refractivity contribution is -0.394. The zero-order chi connectivity index (χ0) is 15.4. The molecule has 0 amide bonds. The third-order valence-corrected chi connectivity index (χ3v) is 3.70. The first-order chi connectivity index (χ1) is 10.0. The Labute approximate surface area is 121 Å². The Hall–Kier alpha value is -2.22. The smallest absolute Gasteiger partial charge is 0.317 e. The van der Waals surface area contributed by atoms with Gasteiger partial charge in [0.15, 0.2) is 5.75 Å². The summed E-state index contributed by atoms with van der Waals surface area (Å²) in [4.78, 5) is 20.5. The fraction of sp³-hybridized carbons (Fsp3) is 0.538. The molecule has 1 aliphatic carbocycles. The van der Waals surface area contributed by atoms with Gasteiger partial charge in [-0.1, -0.05) is 6.42 Å². The van der Waals surface area contributed by atoms with Crippen molar-refractivity contribution in [3.05, 3.63) is 38.4 Å². The second-order valence-corrected chi connectivity index (χ2v) is 5.00. The van der Waals surface area contributed by atoms with Gasteiger partial charge >= 0.3 is 5.69 Å². The number of benzene rings is 1. The lowest BCUT2D eigenvalue weighted by Crippen LogP contribution is -2.43. The zero-order valence-electron chi connectivity index (χ0n) is 11.7. The van der Waals surface area contributed by atoms with Gasteiger partial charge in [-0.25, -0.2) is 0 Å². The van der Waals surface area contributed by atoms with Gasteiger partial charge in [0.2, 0.25) is 0 Å². The SMILES string of the molecule is CNC1CCCCC1Oc1ccc([N+](=O)[O-])cc1[N+](=O)[O-]. The molecule has 1 aromatic rings. The lowest BCUT2D eigenvalue weighted by atomic mass is 9.92. The van der Waals surface area contributed by atoms with Gasteiger partial charge in [0, 0.05) is 12.1 Å². The van der Waals surface area contributed by atoms with E-state index in [0.29, 0.717) is 0 Å². The average molecular weight is 295 g/mol. The number of hydrogen-bond acceptors (Lipinski definition) is 6. The molecule has 0 bridgehead atoms. The predicted molar refractivity (Wildman–Crippen MR) is 75.5 cm³/mol. The molecule has 0 aliphatic heterocycles. The maximum Gasteiger partial charge on any atom is 0.317 e. The van der Waals surface area contributed by atoms with E-state index in [1.807, 2.05) is 7.05 Å². The van der Waals surface area contributed by atoms with Gasteiger partial charge in [-0.05, 0) is 32.4 Å². The molecular weight excluding hydrogens is 278 g/mol. The molecular formula is C13H17N3O5. The van der Waals surface area contributed by atoms with Gasteiger partial charge in [0.25, 0.3) is 5.69 Å². The Balaban J connectivity index is 2.26. The van der Waals surface area contributed by atoms with Gasteiger partial charge in [0.05, 0.1) is 15.9 Å². The Bertz CT molecular complexity index is 549. The van der Waals surface area contributed by atoms with E-state index >= 15 is 0 Å². The molecule has 0 radical (unpaired) electrons. The molecule has 1 saturated carbocycles. The molecule has 114 valence electrons. The van der Waals surface area contributed by atoms with Gasteiger partial charge in [-0.15, -0.1) is 0 Å². The number of non-ortho nitro benzene ring substituents is 1. The molecule has 21 heavy (non-hydrogen) atoms. The summed E-state index contributed by atoms with van der Waals surface area (Å²) >= 11 is 0. The maximum absolute atomic E-state index is 11.1. The Morgan fingerprint density at radius 2 is 1.90 bits per heavy atom. The number of nitrogens with zero attached hydrogens (tertiary/aromatic N) is 2. The van der Waals surface area contributed by atoms with Crippen molar-refractivity contribution in [2.45, 2.75) is 37.8 Å². The predicted octanol–water partition coefficient (Wildman–Crippen LogP) is 2.41. The standard InChI is InChI=1S/C13H17N3O5/c1-14-10-4-2-3-5-12(10)21-13-7-6-9(15(17)18)8-11(13)16(19)20/h6-8,10,12,14H,2-5H2,1H3. The third kappa shape index (κ3) is 3.46. The molecule has 2 atom stereocenters. The highest BCUT2D eigenvalue weighted by Crippen LogP contribution is 2.33. The van der Waals surface area contributed by atoms with E-state index in [-0.39, 0.29) is 29.3 Å². The van der Waals surface area contributed by atoms with Gasteiger partial charge in [-0.2, -0.15) is 0 Å². The quantitative estimate of drug-likeness (QED) is 0.660. The van der Waals surface area contributed by atoms with Gasteiger partial charge in [-0.3, -0.25) is 20.2 Å². The van der Waals surface area contributed by atoms with E-state index in [4.69, 9.17) is 4.74 Å². The van der Waals surface area contributed by atoms with E-state index in [0.717, 1.165) is 31.7 Å². The normalized spacial score (nSPS) is 21.8. The van der Waals surface area contributed by atoms with Crippen LogP contribution in [0.25, 0.3) is 0 Å². The Kier molecular flexibility index (Phi) is 4.69. The number of nitro groups is 2. The Morgan fingerprint density at radius 3 is 2.52 bits per heavy atom. The fourth-order valence-corrected chi connectivity index (χ4v) is 2.59. The number of ether oxygens (including phenoxy) is 1. The molecule has 0 aromatic heterocycles. The van der Waals surface area contributed by atoms with Crippen LogP contribution in [0.1, 0.15) is 25.7 Å². The molecule has 1 N–H and O–H groups in total. The largest absolute Gasteiger partial charge is 0.482 e. The minimum Gasteiger partial charge on any atom is -0.482 e. The zero-order valence-corrected chi connectivity index (χ0v) is 11.7. The molecule has 8 nitrogen and oxygen atoms in total.